The molecular weight excluding hydrogens is 346 g/mol. The van der Waals surface area contributed by atoms with Crippen molar-refractivity contribution in [2.24, 2.45) is 12.5 Å². The average molecular weight is 373 g/mol. The van der Waals surface area contributed by atoms with Gasteiger partial charge in [-0.05, 0) is 31.4 Å². The summed E-state index contributed by atoms with van der Waals surface area (Å²) >= 11 is 0. The first-order chi connectivity index (χ1) is 13.0. The monoisotopic (exact) mass is 373 g/mol. The highest BCUT2D eigenvalue weighted by Gasteiger charge is 2.46. The number of carbonyl (C=O) groups excluding carboxylic acids is 1. The van der Waals surface area contributed by atoms with Crippen molar-refractivity contribution in [3.63, 3.8) is 0 Å². The van der Waals surface area contributed by atoms with E-state index in [4.69, 9.17) is 4.74 Å². The third kappa shape index (κ3) is 3.17. The van der Waals surface area contributed by atoms with Gasteiger partial charge in [0.05, 0.1) is 35.6 Å². The van der Waals surface area contributed by atoms with E-state index in [1.807, 2.05) is 15.6 Å². The first-order valence-corrected chi connectivity index (χ1v) is 9.55. The molecule has 2 aliphatic rings. The van der Waals surface area contributed by atoms with E-state index in [-0.39, 0.29) is 11.3 Å². The molecule has 2 aromatic rings. The number of carbonyl (C=O) groups is 1. The third-order valence-electron chi connectivity index (χ3n) is 5.92. The lowest BCUT2D eigenvalue weighted by molar-refractivity contribution is -0.152. The number of rotatable bonds is 5. The topological polar surface area (TPSA) is 85.4 Å². The molecule has 0 bridgehead atoms. The Morgan fingerprint density at radius 3 is 2.81 bits per heavy atom. The average Bonchev–Trinajstić information content (AvgIpc) is 3.17. The van der Waals surface area contributed by atoms with Crippen molar-refractivity contribution in [1.29, 1.82) is 0 Å². The van der Waals surface area contributed by atoms with Crippen molar-refractivity contribution in [3.8, 4) is 0 Å². The van der Waals surface area contributed by atoms with Crippen molar-refractivity contribution in [3.05, 3.63) is 35.4 Å². The molecule has 1 N–H and O–H groups in total. The van der Waals surface area contributed by atoms with Gasteiger partial charge >= 0.3 is 0 Å². The van der Waals surface area contributed by atoms with Crippen LogP contribution < -0.4 is 0 Å². The summed E-state index contributed by atoms with van der Waals surface area (Å²) < 4.78 is 8.92. The Balaban J connectivity index is 1.55. The number of hydrogen-bond donors (Lipinski definition) is 1. The minimum absolute atomic E-state index is 0.194. The van der Waals surface area contributed by atoms with Crippen LogP contribution in [-0.2, 0) is 29.7 Å². The Kier molecular flexibility index (Phi) is 4.77. The van der Waals surface area contributed by atoms with Crippen molar-refractivity contribution in [1.82, 2.24) is 24.5 Å². The normalized spacial score (nSPS) is 19.9. The molecule has 0 radical (unpaired) electrons. The van der Waals surface area contributed by atoms with E-state index in [0.29, 0.717) is 24.5 Å². The van der Waals surface area contributed by atoms with Gasteiger partial charge in [-0.2, -0.15) is 10.2 Å². The quantitative estimate of drug-likeness (QED) is 0.853. The van der Waals surface area contributed by atoms with Gasteiger partial charge < -0.3 is 14.7 Å². The van der Waals surface area contributed by atoms with Gasteiger partial charge in [0.15, 0.2) is 0 Å². The fourth-order valence-electron chi connectivity index (χ4n) is 4.23. The number of methoxy groups -OCH3 is 1. The van der Waals surface area contributed by atoms with Gasteiger partial charge in [-0.25, -0.2) is 0 Å². The zero-order chi connectivity index (χ0) is 19.0. The fraction of sp³-hybridized carbons (Fsp3) is 0.632. The lowest BCUT2D eigenvalue weighted by Crippen LogP contribution is -2.50. The van der Waals surface area contributed by atoms with Crippen LogP contribution >= 0.6 is 0 Å². The number of fused-ring (bicyclic) bond motifs is 1. The molecule has 0 aromatic carbocycles. The Labute approximate surface area is 158 Å². The van der Waals surface area contributed by atoms with E-state index in [0.717, 1.165) is 44.5 Å². The standard InChI is InChI=1S/C19H27N5O3/c1-22-16(5-8-20-22)17(25)15-11-14-12-23(9-4-10-24(14)21-15)18(26)19(13-27-2)6-3-7-19/h5,8,11,17,25H,3-4,6-7,9-10,12-13H2,1-2H3. The SMILES string of the molecule is COCC1(C(=O)N2CCCn3nc(C(O)c4ccnn4C)cc3C2)CCC1. The largest absolute Gasteiger partial charge is 0.384 e. The highest BCUT2D eigenvalue weighted by molar-refractivity contribution is 5.83. The molecule has 1 aliphatic carbocycles. The summed E-state index contributed by atoms with van der Waals surface area (Å²) in [5.74, 6) is 0.194. The van der Waals surface area contributed by atoms with Crippen molar-refractivity contribution in [2.45, 2.75) is 44.9 Å². The minimum atomic E-state index is -0.826. The Morgan fingerprint density at radius 2 is 2.19 bits per heavy atom. The summed E-state index contributed by atoms with van der Waals surface area (Å²) in [6, 6.07) is 3.70. The van der Waals surface area contributed by atoms with Crippen LogP contribution in [0.15, 0.2) is 18.3 Å². The van der Waals surface area contributed by atoms with Gasteiger partial charge in [-0.3, -0.25) is 14.2 Å². The minimum Gasteiger partial charge on any atom is -0.384 e. The summed E-state index contributed by atoms with van der Waals surface area (Å²) in [6.07, 6.45) is 4.58. The van der Waals surface area contributed by atoms with E-state index < -0.39 is 6.10 Å². The molecule has 1 unspecified atom stereocenters. The second-order valence-electron chi connectivity index (χ2n) is 7.71. The molecule has 0 saturated heterocycles. The molecule has 8 nitrogen and oxygen atoms in total. The lowest BCUT2D eigenvalue weighted by Gasteiger charge is -2.42. The van der Waals surface area contributed by atoms with Gasteiger partial charge in [0.25, 0.3) is 0 Å². The van der Waals surface area contributed by atoms with Gasteiger partial charge in [0.2, 0.25) is 5.91 Å². The maximum Gasteiger partial charge on any atom is 0.231 e. The van der Waals surface area contributed by atoms with Crippen LogP contribution in [0, 0.1) is 5.41 Å². The molecule has 1 amide bonds. The molecule has 1 atom stereocenters. The molecule has 2 aromatic heterocycles. The zero-order valence-electron chi connectivity index (χ0n) is 16.0. The first kappa shape index (κ1) is 18.2. The van der Waals surface area contributed by atoms with Crippen LogP contribution in [0.3, 0.4) is 0 Å². The summed E-state index contributed by atoms with van der Waals surface area (Å²) in [7, 11) is 3.46. The second-order valence-corrected chi connectivity index (χ2v) is 7.71. The van der Waals surface area contributed by atoms with Crippen molar-refractivity contribution < 1.29 is 14.6 Å². The maximum atomic E-state index is 13.2. The van der Waals surface area contributed by atoms with Gasteiger partial charge in [0, 0.05) is 33.4 Å². The van der Waals surface area contributed by atoms with Crippen molar-refractivity contribution in [2.75, 3.05) is 20.3 Å². The fourth-order valence-corrected chi connectivity index (χ4v) is 4.23. The van der Waals surface area contributed by atoms with Crippen molar-refractivity contribution >= 4 is 5.91 Å². The molecule has 4 rings (SSSR count). The molecule has 146 valence electrons. The van der Waals surface area contributed by atoms with E-state index >= 15 is 0 Å². The van der Waals surface area contributed by atoms with Gasteiger partial charge in [-0.1, -0.05) is 6.42 Å². The molecule has 0 spiro atoms. The summed E-state index contributed by atoms with van der Waals surface area (Å²) in [5.41, 5.74) is 1.91. The van der Waals surface area contributed by atoms with Crippen LogP contribution in [0.2, 0.25) is 0 Å². The molecule has 1 fully saturated rings. The number of ether oxygens (including phenoxy) is 1. The molecule has 8 heteroatoms. The van der Waals surface area contributed by atoms with E-state index in [1.54, 1.807) is 31.1 Å². The highest BCUT2D eigenvalue weighted by atomic mass is 16.5. The van der Waals surface area contributed by atoms with Crippen LogP contribution in [0.5, 0.6) is 0 Å². The lowest BCUT2D eigenvalue weighted by atomic mass is 9.68. The highest BCUT2D eigenvalue weighted by Crippen LogP contribution is 2.43. The summed E-state index contributed by atoms with van der Waals surface area (Å²) in [6.45, 7) is 2.49. The predicted molar refractivity (Wildman–Crippen MR) is 97.7 cm³/mol. The summed E-state index contributed by atoms with van der Waals surface area (Å²) in [4.78, 5) is 15.1. The smallest absolute Gasteiger partial charge is 0.231 e. The van der Waals surface area contributed by atoms with Crippen LogP contribution in [0.25, 0.3) is 0 Å². The molecular formula is C19H27N5O3. The Hall–Kier alpha value is -2.19. The second kappa shape index (κ2) is 7.09. The number of aromatic nitrogens is 4. The van der Waals surface area contributed by atoms with Crippen LogP contribution in [0.4, 0.5) is 0 Å². The Morgan fingerprint density at radius 1 is 1.37 bits per heavy atom. The molecule has 3 heterocycles. The first-order valence-electron chi connectivity index (χ1n) is 9.55. The summed E-state index contributed by atoms with van der Waals surface area (Å²) in [5, 5.41) is 19.4. The number of nitrogens with zero attached hydrogens (tertiary/aromatic N) is 5. The Bertz CT molecular complexity index is 823. The van der Waals surface area contributed by atoms with Crippen LogP contribution in [0.1, 0.15) is 48.9 Å². The van der Waals surface area contributed by atoms with Gasteiger partial charge in [0.1, 0.15) is 6.10 Å². The predicted octanol–water partition coefficient (Wildman–Crippen LogP) is 1.25. The molecule has 1 saturated carbocycles. The third-order valence-corrected chi connectivity index (χ3v) is 5.92. The van der Waals surface area contributed by atoms with E-state index in [1.165, 1.54) is 0 Å². The zero-order valence-corrected chi connectivity index (χ0v) is 16.0. The maximum absolute atomic E-state index is 13.2. The molecule has 1 aliphatic heterocycles. The number of hydrogen-bond acceptors (Lipinski definition) is 5. The van der Waals surface area contributed by atoms with Gasteiger partial charge in [-0.15, -0.1) is 0 Å². The number of amides is 1. The van der Waals surface area contributed by atoms with Crippen LogP contribution in [-0.4, -0.2) is 55.7 Å². The number of aliphatic hydroxyl groups excluding tert-OH is 1. The van der Waals surface area contributed by atoms with E-state index in [9.17, 15) is 9.90 Å². The number of aryl methyl sites for hydroxylation is 2. The number of aliphatic hydroxyl groups is 1. The van der Waals surface area contributed by atoms with E-state index in [2.05, 4.69) is 10.2 Å². The molecule has 27 heavy (non-hydrogen) atoms.